The van der Waals surface area contributed by atoms with Crippen LogP contribution in [-0.2, 0) is 0 Å². The summed E-state index contributed by atoms with van der Waals surface area (Å²) in [7, 11) is 0. The highest BCUT2D eigenvalue weighted by Crippen LogP contribution is 2.43. The summed E-state index contributed by atoms with van der Waals surface area (Å²) >= 11 is 0. The molecule has 14 rings (SSSR count). The van der Waals surface area contributed by atoms with E-state index in [2.05, 4.69) is 156 Å². The summed E-state index contributed by atoms with van der Waals surface area (Å²) in [5.74, 6) is 1.68. The Balaban J connectivity index is 1.12. The van der Waals surface area contributed by atoms with Crippen LogP contribution in [-0.4, -0.2) is 19.5 Å². The Morgan fingerprint density at radius 2 is 0.794 bits per heavy atom. The van der Waals surface area contributed by atoms with Crippen LogP contribution in [0.5, 0.6) is 0 Å². The van der Waals surface area contributed by atoms with Gasteiger partial charge in [0.05, 0.1) is 16.7 Å². The van der Waals surface area contributed by atoms with E-state index in [9.17, 15) is 0 Å². The predicted octanol–water partition coefficient (Wildman–Crippen LogP) is 15.2. The van der Waals surface area contributed by atoms with Gasteiger partial charge in [0, 0.05) is 49.0 Å². The van der Waals surface area contributed by atoms with Gasteiger partial charge in [-0.25, -0.2) is 15.0 Å². The van der Waals surface area contributed by atoms with Crippen LogP contribution in [0, 0.1) is 0 Å². The lowest BCUT2D eigenvalue weighted by molar-refractivity contribution is 0.668. The zero-order chi connectivity index (χ0) is 41.2. The molecule has 0 spiro atoms. The zero-order valence-electron chi connectivity index (χ0n) is 33.6. The molecule has 4 aromatic heterocycles. The fourth-order valence-electron chi connectivity index (χ4n) is 9.80. The van der Waals surface area contributed by atoms with Crippen LogP contribution in [0.4, 0.5) is 0 Å². The van der Waals surface area contributed by atoms with Gasteiger partial charge in [-0.15, -0.1) is 0 Å². The number of nitrogens with zero attached hydrogens (tertiary/aromatic N) is 4. The first-order chi connectivity index (χ1) is 31.2. The van der Waals surface area contributed by atoms with Crippen molar-refractivity contribution >= 4 is 98.0 Å². The van der Waals surface area contributed by atoms with E-state index in [1.165, 1.54) is 21.5 Å². The van der Waals surface area contributed by atoms with Gasteiger partial charge >= 0.3 is 0 Å². The summed E-state index contributed by atoms with van der Waals surface area (Å²) in [6.45, 7) is 0. The van der Waals surface area contributed by atoms with Gasteiger partial charge < -0.3 is 13.4 Å². The van der Waals surface area contributed by atoms with Gasteiger partial charge in [0.15, 0.2) is 17.5 Å². The third kappa shape index (κ3) is 5.15. The minimum absolute atomic E-state index is 0.536. The quantitative estimate of drug-likeness (QED) is 0.177. The Kier molecular flexibility index (Phi) is 7.02. The molecule has 0 aliphatic rings. The standard InChI is InChI=1S/C57H32N4O2/c1-3-15-36-29-48-43(26-34(36)13-1)44-27-35-14-2-4-16-37(35)30-49(44)61(48)50-31-46-41-20-8-10-23-52(41)63-54(46)32-47(50)57-59-55(38-24-25-53-45(28-38)40-19-7-9-22-51(40)62-53)58-56(60-57)42-21-11-17-33-12-5-6-18-39(33)42/h1-32H. The Hall–Kier alpha value is -8.61. The smallest absolute Gasteiger partial charge is 0.166 e. The maximum absolute atomic E-state index is 6.65. The van der Waals surface area contributed by atoms with Gasteiger partial charge in [0.1, 0.15) is 22.3 Å². The monoisotopic (exact) mass is 804 g/mol. The van der Waals surface area contributed by atoms with Crippen molar-refractivity contribution in [1.29, 1.82) is 0 Å². The van der Waals surface area contributed by atoms with Crippen molar-refractivity contribution < 1.29 is 8.83 Å². The molecule has 0 saturated carbocycles. The molecule has 0 N–H and O–H groups in total. The molecule has 0 atom stereocenters. The van der Waals surface area contributed by atoms with Crippen LogP contribution in [0.3, 0.4) is 0 Å². The molecule has 14 aromatic rings. The van der Waals surface area contributed by atoms with Gasteiger partial charge in [-0.3, -0.25) is 0 Å². The Labute approximate surface area is 358 Å². The van der Waals surface area contributed by atoms with Gasteiger partial charge in [0.25, 0.3) is 0 Å². The molecule has 0 aliphatic heterocycles. The first kappa shape index (κ1) is 34.1. The zero-order valence-corrected chi connectivity index (χ0v) is 33.6. The van der Waals surface area contributed by atoms with Crippen molar-refractivity contribution in [3.63, 3.8) is 0 Å². The molecule has 6 nitrogen and oxygen atoms in total. The minimum atomic E-state index is 0.536. The van der Waals surface area contributed by atoms with Gasteiger partial charge in [-0.05, 0) is 99.0 Å². The maximum atomic E-state index is 6.65. The first-order valence-electron chi connectivity index (χ1n) is 21.2. The predicted molar refractivity (Wildman–Crippen MR) is 258 cm³/mol. The van der Waals surface area contributed by atoms with Crippen molar-refractivity contribution in [2.75, 3.05) is 0 Å². The summed E-state index contributed by atoms with van der Waals surface area (Å²) < 4.78 is 15.3. The molecule has 0 bridgehead atoms. The highest BCUT2D eigenvalue weighted by atomic mass is 16.3. The van der Waals surface area contributed by atoms with E-state index in [1.54, 1.807) is 0 Å². The molecule has 0 radical (unpaired) electrons. The summed E-state index contributed by atoms with van der Waals surface area (Å²) in [6, 6.07) is 68.2. The van der Waals surface area contributed by atoms with Crippen molar-refractivity contribution in [2.24, 2.45) is 0 Å². The average molecular weight is 805 g/mol. The minimum Gasteiger partial charge on any atom is -0.456 e. The third-order valence-corrected chi connectivity index (χ3v) is 12.8. The summed E-state index contributed by atoms with van der Waals surface area (Å²) in [5.41, 5.74) is 8.96. The van der Waals surface area contributed by atoms with Gasteiger partial charge in [0.2, 0.25) is 0 Å². The van der Waals surface area contributed by atoms with Gasteiger partial charge in [-0.1, -0.05) is 127 Å². The highest BCUT2D eigenvalue weighted by Gasteiger charge is 2.24. The van der Waals surface area contributed by atoms with Gasteiger partial charge in [-0.2, -0.15) is 0 Å². The third-order valence-electron chi connectivity index (χ3n) is 12.8. The fourth-order valence-corrected chi connectivity index (χ4v) is 9.80. The summed E-state index contributed by atoms with van der Waals surface area (Å²) in [6.07, 6.45) is 0. The Bertz CT molecular complexity index is 4130. The van der Waals surface area contributed by atoms with E-state index in [1.807, 2.05) is 42.5 Å². The molecule has 4 heterocycles. The van der Waals surface area contributed by atoms with Crippen LogP contribution in [0.2, 0.25) is 0 Å². The van der Waals surface area contributed by atoms with Crippen molar-refractivity contribution in [2.45, 2.75) is 0 Å². The molecule has 0 amide bonds. The number of furan rings is 2. The molecule has 10 aromatic carbocycles. The Morgan fingerprint density at radius 3 is 1.46 bits per heavy atom. The van der Waals surface area contributed by atoms with Crippen molar-refractivity contribution in [1.82, 2.24) is 19.5 Å². The SMILES string of the molecule is c1ccc2cc3c(cc2c1)c1cc2ccccc2cc1n3-c1cc2c(cc1-c1nc(-c3ccc4oc5ccccc5c4c3)nc(-c3cccc4ccccc34)n1)oc1ccccc12. The number of hydrogen-bond acceptors (Lipinski definition) is 5. The van der Waals surface area contributed by atoms with E-state index in [4.69, 9.17) is 23.8 Å². The van der Waals surface area contributed by atoms with Crippen LogP contribution in [0.15, 0.2) is 203 Å². The summed E-state index contributed by atoms with van der Waals surface area (Å²) in [5, 5.41) is 13.3. The topological polar surface area (TPSA) is 69.9 Å². The second-order valence-electron chi connectivity index (χ2n) is 16.4. The van der Waals surface area contributed by atoms with Crippen LogP contribution >= 0.6 is 0 Å². The lowest BCUT2D eigenvalue weighted by Gasteiger charge is -2.16. The van der Waals surface area contributed by atoms with Crippen molar-refractivity contribution in [3.05, 3.63) is 194 Å². The van der Waals surface area contributed by atoms with Crippen molar-refractivity contribution in [3.8, 4) is 39.9 Å². The fraction of sp³-hybridized carbons (Fsp3) is 0. The number of aromatic nitrogens is 4. The maximum Gasteiger partial charge on any atom is 0.166 e. The number of benzene rings is 10. The molecular formula is C57H32N4O2. The lowest BCUT2D eigenvalue weighted by Crippen LogP contribution is -2.04. The normalized spacial score (nSPS) is 12.1. The molecule has 0 saturated heterocycles. The average Bonchev–Trinajstić information content (AvgIpc) is 4.00. The molecule has 63 heavy (non-hydrogen) atoms. The van der Waals surface area contributed by atoms with Crippen LogP contribution < -0.4 is 0 Å². The molecular weight excluding hydrogens is 773 g/mol. The first-order valence-corrected chi connectivity index (χ1v) is 21.2. The number of fused-ring (bicyclic) bond motifs is 12. The highest BCUT2D eigenvalue weighted by molar-refractivity contribution is 6.18. The van der Waals surface area contributed by atoms with E-state index in [-0.39, 0.29) is 0 Å². The second-order valence-corrected chi connectivity index (χ2v) is 16.4. The number of hydrogen-bond donors (Lipinski definition) is 0. The Morgan fingerprint density at radius 1 is 0.302 bits per heavy atom. The number of para-hydroxylation sites is 2. The molecule has 0 aliphatic carbocycles. The summed E-state index contributed by atoms with van der Waals surface area (Å²) in [4.78, 5) is 16.2. The second kappa shape index (κ2) is 12.9. The van der Waals surface area contributed by atoms with Crippen LogP contribution in [0.25, 0.3) is 138 Å². The number of rotatable bonds is 4. The van der Waals surface area contributed by atoms with Crippen LogP contribution in [0.1, 0.15) is 0 Å². The lowest BCUT2D eigenvalue weighted by atomic mass is 10.0. The molecule has 0 fully saturated rings. The molecule has 292 valence electrons. The molecule has 0 unspecified atom stereocenters. The largest absolute Gasteiger partial charge is 0.456 e. The van der Waals surface area contributed by atoms with E-state index in [0.29, 0.717) is 17.5 Å². The van der Waals surface area contributed by atoms with E-state index < -0.39 is 0 Å². The van der Waals surface area contributed by atoms with E-state index in [0.717, 1.165) is 98.8 Å². The molecule has 6 heteroatoms. The van der Waals surface area contributed by atoms with E-state index >= 15 is 0 Å².